The molecule has 0 aromatic rings. The van der Waals surface area contributed by atoms with Crippen LogP contribution in [-0.4, -0.2) is 149 Å². The molecule has 4 heterocycles. The first-order valence-electron chi connectivity index (χ1n) is 21.4. The van der Waals surface area contributed by atoms with Crippen LogP contribution in [0.25, 0.3) is 0 Å². The van der Waals surface area contributed by atoms with Gasteiger partial charge in [0.15, 0.2) is 0 Å². The van der Waals surface area contributed by atoms with Crippen molar-refractivity contribution in [1.29, 1.82) is 0 Å². The minimum atomic E-state index is -0.404. The summed E-state index contributed by atoms with van der Waals surface area (Å²) in [5, 5.41) is 0. The lowest BCUT2D eigenvalue weighted by Crippen LogP contribution is -2.53. The molecule has 55 heavy (non-hydrogen) atoms. The van der Waals surface area contributed by atoms with E-state index in [9.17, 15) is 0 Å². The molecule has 0 spiro atoms. The van der Waals surface area contributed by atoms with Crippen molar-refractivity contribution in [2.45, 2.75) is 238 Å². The molecule has 2 unspecified atom stereocenters. The molecule has 0 aromatic carbocycles. The molecule has 12 heteroatoms. The Morgan fingerprint density at radius 2 is 1.35 bits per heavy atom. The first kappa shape index (κ1) is 48.9. The largest absolute Gasteiger partial charge is 0.382 e. The van der Waals surface area contributed by atoms with E-state index in [1.165, 1.54) is 6.42 Å². The van der Waals surface area contributed by atoms with Crippen LogP contribution in [0.5, 0.6) is 0 Å². The molecule has 0 radical (unpaired) electrons. The highest BCUT2D eigenvalue weighted by Gasteiger charge is 2.61. The lowest BCUT2D eigenvalue weighted by atomic mass is 9.79. The zero-order valence-corrected chi connectivity index (χ0v) is 37.5. The van der Waals surface area contributed by atoms with E-state index in [4.69, 9.17) is 56.8 Å². The number of rotatable bonds is 18. The molecule has 5 fully saturated rings. The molecule has 1 saturated carbocycles. The van der Waals surface area contributed by atoms with Crippen molar-refractivity contribution in [3.05, 3.63) is 0 Å². The predicted octanol–water partition coefficient (Wildman–Crippen LogP) is 7.09. The highest BCUT2D eigenvalue weighted by atomic mass is 16.7. The molecule has 12 atom stereocenters. The first-order valence-corrected chi connectivity index (χ1v) is 21.4. The van der Waals surface area contributed by atoms with E-state index in [-0.39, 0.29) is 103 Å². The molecule has 12 nitrogen and oxygen atoms in total. The van der Waals surface area contributed by atoms with Gasteiger partial charge in [-0.1, -0.05) is 0 Å². The Bertz CT molecular complexity index is 1060. The highest BCUT2D eigenvalue weighted by Crippen LogP contribution is 2.46. The topological polar surface area (TPSA) is 111 Å². The van der Waals surface area contributed by atoms with Gasteiger partial charge in [-0.15, -0.1) is 0 Å². The monoisotopic (exact) mass is 791 g/mol. The maximum Gasteiger partial charge on any atom is 0.144 e. The van der Waals surface area contributed by atoms with Gasteiger partial charge < -0.3 is 56.8 Å². The van der Waals surface area contributed by atoms with Crippen molar-refractivity contribution < 1.29 is 56.8 Å². The fourth-order valence-electron chi connectivity index (χ4n) is 8.48. The van der Waals surface area contributed by atoms with Gasteiger partial charge in [0.1, 0.15) is 42.2 Å². The standard InChI is InChI=1S/C15H30O5.C15H28O3.C13H24O4/c1-10(2)18-9-13-15(19-11(3)4)14(12(5)20-13)17-8-7-16-6;1-10(2)16-13-7-6-8-15(18-11(3)4)9-12(5)17-14(13)15;1-8(2)14-6-13-7-15-11(10(5)17-13)12(13)16-9(3)4/h10-15H,7-9H2,1-6H3;10-14H,6-9H2,1-5H3;8-12H,6-7H2,1-5H3/t12-,13?,14-,15+;12-,13-,14-,15+;10-,11-,12-,13?/m000/s1. The van der Waals surface area contributed by atoms with Crippen molar-refractivity contribution >= 4 is 0 Å². The van der Waals surface area contributed by atoms with Crippen LogP contribution in [0, 0.1) is 0 Å². The highest BCUT2D eigenvalue weighted by molar-refractivity contribution is 5.08. The second kappa shape index (κ2) is 22.8. The van der Waals surface area contributed by atoms with Crippen molar-refractivity contribution in [2.75, 3.05) is 40.1 Å². The molecule has 0 amide bonds. The van der Waals surface area contributed by atoms with E-state index in [0.29, 0.717) is 33.0 Å². The third-order valence-corrected chi connectivity index (χ3v) is 10.3. The summed E-state index contributed by atoms with van der Waals surface area (Å²) >= 11 is 0. The summed E-state index contributed by atoms with van der Waals surface area (Å²) in [5.41, 5.74) is -0.510. The van der Waals surface area contributed by atoms with E-state index in [2.05, 4.69) is 34.6 Å². The average Bonchev–Trinajstić information content (AvgIpc) is 3.76. The summed E-state index contributed by atoms with van der Waals surface area (Å²) in [6, 6.07) is 0. The van der Waals surface area contributed by atoms with E-state index < -0.39 is 5.60 Å². The van der Waals surface area contributed by atoms with Crippen LogP contribution in [-0.2, 0) is 56.8 Å². The van der Waals surface area contributed by atoms with Crippen molar-refractivity contribution in [3.63, 3.8) is 0 Å². The van der Waals surface area contributed by atoms with Gasteiger partial charge in [0.25, 0.3) is 0 Å². The maximum absolute atomic E-state index is 6.28. The molecule has 326 valence electrons. The minimum absolute atomic E-state index is 0.00336. The van der Waals surface area contributed by atoms with Crippen molar-refractivity contribution in [1.82, 2.24) is 0 Å². The number of fused-ring (bicyclic) bond motifs is 3. The summed E-state index contributed by atoms with van der Waals surface area (Å²) in [5.74, 6) is 0. The fourth-order valence-corrected chi connectivity index (χ4v) is 8.48. The zero-order valence-electron chi connectivity index (χ0n) is 37.5. The summed E-state index contributed by atoms with van der Waals surface area (Å²) < 4.78 is 70.5. The lowest BCUT2D eigenvalue weighted by molar-refractivity contribution is -0.192. The second-order valence-corrected chi connectivity index (χ2v) is 17.8. The van der Waals surface area contributed by atoms with Crippen LogP contribution < -0.4 is 0 Å². The van der Waals surface area contributed by atoms with E-state index in [1.807, 2.05) is 69.2 Å². The number of hydrogen-bond donors (Lipinski definition) is 0. The van der Waals surface area contributed by atoms with Crippen LogP contribution in [0.4, 0.5) is 0 Å². The number of hydrogen-bond acceptors (Lipinski definition) is 12. The Balaban J connectivity index is 0.000000222. The van der Waals surface area contributed by atoms with E-state index in [0.717, 1.165) is 19.3 Å². The third-order valence-electron chi connectivity index (χ3n) is 10.3. The van der Waals surface area contributed by atoms with Gasteiger partial charge in [0.2, 0.25) is 0 Å². The first-order chi connectivity index (χ1) is 25.8. The Morgan fingerprint density at radius 1 is 0.691 bits per heavy atom. The molecule has 2 bridgehead atoms. The average molecular weight is 791 g/mol. The summed E-state index contributed by atoms with van der Waals surface area (Å²) in [6.07, 6.45) is 6.05. The quantitative estimate of drug-likeness (QED) is 0.132. The molecule has 0 aromatic heterocycles. The Morgan fingerprint density at radius 3 is 1.91 bits per heavy atom. The molecule has 0 N–H and O–H groups in total. The third kappa shape index (κ3) is 14.3. The van der Waals surface area contributed by atoms with Gasteiger partial charge in [-0.25, -0.2) is 0 Å². The zero-order chi connectivity index (χ0) is 41.1. The summed E-state index contributed by atoms with van der Waals surface area (Å²) in [7, 11) is 1.67. The van der Waals surface area contributed by atoms with Crippen molar-refractivity contribution in [3.8, 4) is 0 Å². The molecule has 4 aliphatic heterocycles. The summed E-state index contributed by atoms with van der Waals surface area (Å²) in [4.78, 5) is 0. The van der Waals surface area contributed by atoms with Crippen LogP contribution in [0.2, 0.25) is 0 Å². The molecular formula is C43H82O12. The Labute approximate surface area is 334 Å². The molecule has 5 rings (SSSR count). The van der Waals surface area contributed by atoms with Crippen molar-refractivity contribution in [2.24, 2.45) is 0 Å². The van der Waals surface area contributed by atoms with Gasteiger partial charge in [-0.05, 0) is 123 Å². The second-order valence-electron chi connectivity index (χ2n) is 17.8. The van der Waals surface area contributed by atoms with Gasteiger partial charge in [-0.2, -0.15) is 0 Å². The van der Waals surface area contributed by atoms with Gasteiger partial charge in [-0.3, -0.25) is 0 Å². The van der Waals surface area contributed by atoms with Gasteiger partial charge in [0.05, 0.1) is 99.7 Å². The van der Waals surface area contributed by atoms with E-state index >= 15 is 0 Å². The van der Waals surface area contributed by atoms with Crippen LogP contribution in [0.1, 0.15) is 130 Å². The van der Waals surface area contributed by atoms with E-state index in [1.54, 1.807) is 7.11 Å². The molecule has 5 aliphatic rings. The minimum Gasteiger partial charge on any atom is -0.382 e. The normalized spacial score (nSPS) is 37.0. The molecule has 4 saturated heterocycles. The maximum atomic E-state index is 6.28. The molecule has 1 aliphatic carbocycles. The molecular weight excluding hydrogens is 708 g/mol. The van der Waals surface area contributed by atoms with Gasteiger partial charge >= 0.3 is 0 Å². The number of methoxy groups -OCH3 is 1. The van der Waals surface area contributed by atoms with Gasteiger partial charge in [0, 0.05) is 13.5 Å². The SMILES string of the molecule is CC(C)OCC12CO[C@@H]([C@H](C)O1)[C@@H]2OC(C)C.CC(C)O[C@H]1CCC[C@@]2(OC(C)C)C[C@H](C)O[C@@H]12.COCCO[C@H]1[C@H](C)OC(COC(C)C)[C@H]1OC(C)C. The smallest absolute Gasteiger partial charge is 0.144 e. The lowest BCUT2D eigenvalue weighted by Gasteiger charge is -2.43. The Kier molecular flexibility index (Phi) is 20.2. The van der Waals surface area contributed by atoms with Crippen LogP contribution >= 0.6 is 0 Å². The van der Waals surface area contributed by atoms with Crippen LogP contribution in [0.15, 0.2) is 0 Å². The Hall–Kier alpha value is -0.480. The summed E-state index contributed by atoms with van der Waals surface area (Å²) in [6.45, 7) is 33.6. The fraction of sp³-hybridized carbons (Fsp3) is 1.00. The number of ether oxygens (including phenoxy) is 12. The van der Waals surface area contributed by atoms with Crippen LogP contribution in [0.3, 0.4) is 0 Å². The predicted molar refractivity (Wildman–Crippen MR) is 213 cm³/mol.